The van der Waals surface area contributed by atoms with E-state index in [4.69, 9.17) is 0 Å². The van der Waals surface area contributed by atoms with Gasteiger partial charge in [0.15, 0.2) is 0 Å². The summed E-state index contributed by atoms with van der Waals surface area (Å²) in [6.45, 7) is 2.13. The van der Waals surface area contributed by atoms with E-state index in [9.17, 15) is 0 Å². The van der Waals surface area contributed by atoms with Gasteiger partial charge in [-0.15, -0.1) is 6.42 Å². The van der Waals surface area contributed by atoms with Gasteiger partial charge in [0.05, 0.1) is 0 Å². The second-order valence-electron chi connectivity index (χ2n) is 3.74. The number of aliphatic imine (C=N–C) groups is 1. The Morgan fingerprint density at radius 1 is 1.25 bits per heavy atom. The maximum absolute atomic E-state index is 4.41. The number of fused-ring (bicyclic) bond motifs is 1. The van der Waals surface area contributed by atoms with Gasteiger partial charge in [-0.1, -0.05) is 54.4 Å². The number of rotatable bonds is 1. The molecule has 0 N–H and O–H groups in total. The number of aryl methyl sites for hydroxylation is 1. The molecule has 1 nitrogen and oxygen atoms in total. The zero-order valence-electron chi connectivity index (χ0n) is 9.79. The maximum Gasteiger partial charge on any atom is 0.00755 e. The van der Waals surface area contributed by atoms with E-state index in [-0.39, 0.29) is 21.1 Å². The summed E-state index contributed by atoms with van der Waals surface area (Å²) in [6.07, 6.45) is 6.58. The first-order valence-corrected chi connectivity index (χ1v) is 5.52. The summed E-state index contributed by atoms with van der Waals surface area (Å²) in [6, 6.07) is 8.54. The molecule has 1 aromatic carbocycles. The molecule has 0 aromatic heterocycles. The van der Waals surface area contributed by atoms with Crippen LogP contribution in [0.2, 0.25) is 0 Å². The summed E-state index contributed by atoms with van der Waals surface area (Å²) in [4.78, 5) is 4.41. The fourth-order valence-electron chi connectivity index (χ4n) is 2.15. The first-order valence-electron chi connectivity index (χ1n) is 5.52. The molecule has 0 radical (unpaired) electrons. The van der Waals surface area contributed by atoms with Crippen molar-refractivity contribution in [1.82, 2.24) is 0 Å². The van der Waals surface area contributed by atoms with Crippen molar-refractivity contribution >= 4 is 5.71 Å². The molecule has 1 aliphatic carbocycles. The molecule has 0 fully saturated rings. The van der Waals surface area contributed by atoms with Crippen molar-refractivity contribution in [2.24, 2.45) is 4.99 Å². The van der Waals surface area contributed by atoms with E-state index < -0.39 is 0 Å². The minimum absolute atomic E-state index is 0. The first kappa shape index (κ1) is 13.4. The molecule has 0 amide bonds. The Morgan fingerprint density at radius 3 is 2.69 bits per heavy atom. The van der Waals surface area contributed by atoms with Crippen LogP contribution in [0.1, 0.15) is 30.9 Å². The minimum atomic E-state index is 0. The van der Waals surface area contributed by atoms with Crippen molar-refractivity contribution in [2.75, 3.05) is 7.05 Å². The Kier molecular flexibility index (Phi) is 5.15. The van der Waals surface area contributed by atoms with Crippen molar-refractivity contribution in [3.8, 4) is 0 Å². The van der Waals surface area contributed by atoms with Crippen LogP contribution in [0, 0.1) is 6.08 Å². The van der Waals surface area contributed by atoms with Gasteiger partial charge in [0.2, 0.25) is 0 Å². The van der Waals surface area contributed by atoms with Crippen molar-refractivity contribution in [3.63, 3.8) is 0 Å². The Hall–Kier alpha value is -0.682. The molecule has 1 aliphatic rings. The molecule has 16 heavy (non-hydrogen) atoms. The largest absolute Gasteiger partial charge is 0.382 e. The molecule has 1 aromatic rings. The quantitative estimate of drug-likeness (QED) is 0.662. The molecule has 2 heteroatoms. The van der Waals surface area contributed by atoms with Gasteiger partial charge in [0, 0.05) is 28.1 Å². The number of hydrogen-bond donors (Lipinski definition) is 0. The Morgan fingerprint density at radius 2 is 2.00 bits per heavy atom. The van der Waals surface area contributed by atoms with Gasteiger partial charge >= 0.3 is 0 Å². The fourth-order valence-corrected chi connectivity index (χ4v) is 2.15. The van der Waals surface area contributed by atoms with Crippen molar-refractivity contribution in [2.45, 2.75) is 26.2 Å². The Labute approximate surface area is 112 Å². The third-order valence-electron chi connectivity index (χ3n) is 2.82. The van der Waals surface area contributed by atoms with Gasteiger partial charge < -0.3 is 4.99 Å². The molecule has 0 bridgehead atoms. The van der Waals surface area contributed by atoms with Crippen LogP contribution in [-0.2, 0) is 27.5 Å². The molecular weight excluding hydrogens is 366 g/mol. The standard InChI is InChI=1S/C14H16N.W/c1-3-6-12-10-9-11-7-4-5-8-13(11)14(12)15-2;/h4-5,7-8H,3,9-10H2,1-2H3;/q-1;. The van der Waals surface area contributed by atoms with Crippen LogP contribution in [0.15, 0.2) is 34.8 Å². The number of benzene rings is 1. The Bertz CT molecular complexity index is 418. The molecule has 84 valence electrons. The second-order valence-corrected chi connectivity index (χ2v) is 3.74. The monoisotopic (exact) mass is 382 g/mol. The normalized spacial score (nSPS) is 19.4. The van der Waals surface area contributed by atoms with Gasteiger partial charge in [0.1, 0.15) is 0 Å². The topological polar surface area (TPSA) is 12.4 Å². The first-order chi connectivity index (χ1) is 7.36. The van der Waals surface area contributed by atoms with E-state index in [1.807, 2.05) is 7.05 Å². The smallest absolute Gasteiger partial charge is 0.00755 e. The van der Waals surface area contributed by atoms with E-state index in [2.05, 4.69) is 42.3 Å². The van der Waals surface area contributed by atoms with E-state index in [1.165, 1.54) is 16.7 Å². The molecule has 0 aliphatic heterocycles. The fraction of sp³-hybridized carbons (Fsp3) is 0.357. The molecule has 0 atom stereocenters. The van der Waals surface area contributed by atoms with Crippen LogP contribution < -0.4 is 0 Å². The second kappa shape index (κ2) is 6.15. The predicted molar refractivity (Wildman–Crippen MR) is 64.3 cm³/mol. The van der Waals surface area contributed by atoms with Crippen LogP contribution in [0.4, 0.5) is 0 Å². The molecule has 0 heterocycles. The maximum atomic E-state index is 4.41. The number of nitrogens with zero attached hydrogens (tertiary/aromatic N) is 1. The molecular formula is C14H16NW-. The predicted octanol–water partition coefficient (Wildman–Crippen LogP) is 3.19. The Balaban J connectivity index is 0.00000128. The van der Waals surface area contributed by atoms with E-state index in [1.54, 1.807) is 0 Å². The van der Waals surface area contributed by atoms with Gasteiger partial charge in [0.25, 0.3) is 0 Å². The SMILES string of the molecule is CC[C-]=C1CCc2ccccc2C1=NC.[W]. The number of allylic oxidation sites excluding steroid dienone is 2. The third-order valence-corrected chi connectivity index (χ3v) is 2.82. The van der Waals surface area contributed by atoms with Gasteiger partial charge in [-0.05, 0) is 6.42 Å². The summed E-state index contributed by atoms with van der Waals surface area (Å²) in [5.41, 5.74) is 5.14. The summed E-state index contributed by atoms with van der Waals surface area (Å²) >= 11 is 0. The third kappa shape index (κ3) is 2.52. The summed E-state index contributed by atoms with van der Waals surface area (Å²) in [5.74, 6) is 0. The summed E-state index contributed by atoms with van der Waals surface area (Å²) < 4.78 is 0. The van der Waals surface area contributed by atoms with Crippen LogP contribution in [0.25, 0.3) is 0 Å². The van der Waals surface area contributed by atoms with E-state index >= 15 is 0 Å². The number of hydrogen-bond acceptors (Lipinski definition) is 1. The van der Waals surface area contributed by atoms with Crippen LogP contribution in [0.5, 0.6) is 0 Å². The van der Waals surface area contributed by atoms with Gasteiger partial charge in [-0.25, -0.2) is 0 Å². The van der Waals surface area contributed by atoms with Crippen LogP contribution >= 0.6 is 0 Å². The van der Waals surface area contributed by atoms with Crippen molar-refractivity contribution < 1.29 is 21.1 Å². The molecule has 0 saturated heterocycles. The average Bonchev–Trinajstić information content (AvgIpc) is 2.29. The van der Waals surface area contributed by atoms with E-state index in [0.717, 1.165) is 25.0 Å². The minimum Gasteiger partial charge on any atom is -0.382 e. The molecule has 2 rings (SSSR count). The summed E-state index contributed by atoms with van der Waals surface area (Å²) in [7, 11) is 1.87. The molecule has 0 spiro atoms. The van der Waals surface area contributed by atoms with Crippen molar-refractivity contribution in [3.05, 3.63) is 47.0 Å². The van der Waals surface area contributed by atoms with Crippen molar-refractivity contribution in [1.29, 1.82) is 0 Å². The zero-order chi connectivity index (χ0) is 10.7. The molecule has 0 unspecified atom stereocenters. The van der Waals surface area contributed by atoms with Crippen LogP contribution in [-0.4, -0.2) is 12.8 Å². The van der Waals surface area contributed by atoms with Gasteiger partial charge in [-0.3, -0.25) is 6.08 Å². The van der Waals surface area contributed by atoms with E-state index in [0.29, 0.717) is 0 Å². The van der Waals surface area contributed by atoms with Gasteiger partial charge in [-0.2, -0.15) is 5.57 Å². The zero-order valence-corrected chi connectivity index (χ0v) is 12.7. The summed E-state index contributed by atoms with van der Waals surface area (Å²) in [5, 5.41) is 0. The molecule has 0 saturated carbocycles. The average molecular weight is 382 g/mol. The van der Waals surface area contributed by atoms with Crippen LogP contribution in [0.3, 0.4) is 0 Å².